The number of hydrogen-bond donors (Lipinski definition) is 0. The molecule has 0 unspecified atom stereocenters. The molecule has 2 heterocycles. The number of likely N-dealkylation sites (tertiary alicyclic amines) is 1. The van der Waals surface area contributed by atoms with Gasteiger partial charge in [0, 0.05) is 32.9 Å². The van der Waals surface area contributed by atoms with E-state index >= 15 is 0 Å². The summed E-state index contributed by atoms with van der Waals surface area (Å²) < 4.78 is 1.69. The fourth-order valence-electron chi connectivity index (χ4n) is 4.86. The van der Waals surface area contributed by atoms with Crippen LogP contribution in [0.4, 0.5) is 0 Å². The van der Waals surface area contributed by atoms with Gasteiger partial charge < -0.3 is 4.90 Å². The fourth-order valence-corrected chi connectivity index (χ4v) is 4.86. The Hall–Kier alpha value is -2.92. The van der Waals surface area contributed by atoms with Crippen molar-refractivity contribution >= 4 is 5.91 Å². The van der Waals surface area contributed by atoms with Gasteiger partial charge in [-0.3, -0.25) is 14.4 Å². The third-order valence-electron chi connectivity index (χ3n) is 6.87. The van der Waals surface area contributed by atoms with Crippen molar-refractivity contribution in [3.63, 3.8) is 0 Å². The summed E-state index contributed by atoms with van der Waals surface area (Å²) in [5, 5.41) is 4.35. The number of amides is 1. The highest BCUT2D eigenvalue weighted by atomic mass is 16.2. The van der Waals surface area contributed by atoms with Gasteiger partial charge in [-0.15, -0.1) is 0 Å². The summed E-state index contributed by atoms with van der Waals surface area (Å²) in [6.45, 7) is 5.33. The Morgan fingerprint density at radius 3 is 2.41 bits per heavy atom. The molecule has 5 nitrogen and oxygen atoms in total. The van der Waals surface area contributed by atoms with Crippen LogP contribution in [0.3, 0.4) is 0 Å². The van der Waals surface area contributed by atoms with E-state index in [1.165, 1.54) is 16.7 Å². The second kappa shape index (κ2) is 10.1. The third kappa shape index (κ3) is 5.28. The number of carbonyl (C=O) groups is 1. The van der Waals surface area contributed by atoms with Gasteiger partial charge in [-0.1, -0.05) is 54.6 Å². The molecule has 0 radical (unpaired) electrons. The molecule has 4 rings (SSSR count). The van der Waals surface area contributed by atoms with Crippen LogP contribution >= 0.6 is 0 Å². The normalized spacial score (nSPS) is 16.1. The molecule has 3 aromatic rings. The Morgan fingerprint density at radius 2 is 1.75 bits per heavy atom. The van der Waals surface area contributed by atoms with Crippen molar-refractivity contribution in [2.75, 3.05) is 20.1 Å². The summed E-state index contributed by atoms with van der Waals surface area (Å²) >= 11 is 0. The van der Waals surface area contributed by atoms with Crippen LogP contribution in [0.5, 0.6) is 0 Å². The van der Waals surface area contributed by atoms with Gasteiger partial charge in [0.25, 0.3) is 5.91 Å². The van der Waals surface area contributed by atoms with E-state index in [0.29, 0.717) is 11.6 Å². The highest BCUT2D eigenvalue weighted by molar-refractivity contribution is 5.92. The van der Waals surface area contributed by atoms with Gasteiger partial charge in [0.2, 0.25) is 0 Å². The van der Waals surface area contributed by atoms with Crippen molar-refractivity contribution in [1.82, 2.24) is 19.6 Å². The Bertz CT molecular complexity index is 1020. The minimum absolute atomic E-state index is 0.00821. The summed E-state index contributed by atoms with van der Waals surface area (Å²) in [7, 11) is 3.80. The van der Waals surface area contributed by atoms with Crippen LogP contribution in [0.25, 0.3) is 0 Å². The molecule has 1 aromatic heterocycles. The summed E-state index contributed by atoms with van der Waals surface area (Å²) in [5.41, 5.74) is 4.57. The standard InChI is InChI=1S/C27H34N4O/c1-21-9-7-8-12-24(21)20-31-17-13-23(14-18-31)26(19-22-10-5-4-6-11-22)30(3)27(32)25-15-16-29(2)28-25/h4-12,15-16,23,26H,13-14,17-20H2,1-3H3/t26-/m0/s1. The molecule has 0 N–H and O–H groups in total. The van der Waals surface area contributed by atoms with E-state index in [0.717, 1.165) is 38.9 Å². The Morgan fingerprint density at radius 1 is 1.06 bits per heavy atom. The van der Waals surface area contributed by atoms with E-state index in [-0.39, 0.29) is 11.9 Å². The molecular weight excluding hydrogens is 396 g/mol. The summed E-state index contributed by atoms with van der Waals surface area (Å²) in [6, 6.07) is 21.2. The Balaban J connectivity index is 1.46. The molecule has 0 aliphatic carbocycles. The first-order valence-corrected chi connectivity index (χ1v) is 11.6. The fraction of sp³-hybridized carbons (Fsp3) is 0.407. The lowest BCUT2D eigenvalue weighted by molar-refractivity contribution is 0.0578. The van der Waals surface area contributed by atoms with Gasteiger partial charge in [-0.25, -0.2) is 0 Å². The lowest BCUT2D eigenvalue weighted by Gasteiger charge is -2.40. The molecule has 1 fully saturated rings. The van der Waals surface area contributed by atoms with Crippen molar-refractivity contribution in [3.05, 3.63) is 89.2 Å². The molecule has 0 bridgehead atoms. The van der Waals surface area contributed by atoms with Crippen LogP contribution in [0, 0.1) is 12.8 Å². The monoisotopic (exact) mass is 430 g/mol. The van der Waals surface area contributed by atoms with E-state index in [9.17, 15) is 4.79 Å². The van der Waals surface area contributed by atoms with Gasteiger partial charge >= 0.3 is 0 Å². The second-order valence-corrected chi connectivity index (χ2v) is 9.09. The maximum atomic E-state index is 13.2. The zero-order chi connectivity index (χ0) is 22.5. The van der Waals surface area contributed by atoms with Crippen LogP contribution in [0.1, 0.15) is 40.0 Å². The largest absolute Gasteiger partial charge is 0.337 e. The number of piperidine rings is 1. The van der Waals surface area contributed by atoms with Crippen molar-refractivity contribution in [3.8, 4) is 0 Å². The molecule has 1 aliphatic rings. The lowest BCUT2D eigenvalue weighted by atomic mass is 9.84. The van der Waals surface area contributed by atoms with E-state index < -0.39 is 0 Å². The second-order valence-electron chi connectivity index (χ2n) is 9.09. The van der Waals surface area contributed by atoms with Gasteiger partial charge in [0.05, 0.1) is 0 Å². The smallest absolute Gasteiger partial charge is 0.274 e. The van der Waals surface area contributed by atoms with E-state index in [1.807, 2.05) is 37.3 Å². The highest BCUT2D eigenvalue weighted by Crippen LogP contribution is 2.28. The minimum Gasteiger partial charge on any atom is -0.337 e. The number of benzene rings is 2. The number of carbonyl (C=O) groups excluding carboxylic acids is 1. The first-order chi connectivity index (χ1) is 15.5. The molecule has 0 saturated carbocycles. The number of rotatable bonds is 7. The number of likely N-dealkylation sites (N-methyl/N-ethyl adjacent to an activating group) is 1. The average molecular weight is 431 g/mol. The molecule has 1 amide bonds. The van der Waals surface area contributed by atoms with Crippen molar-refractivity contribution in [2.24, 2.45) is 13.0 Å². The van der Waals surface area contributed by atoms with Crippen molar-refractivity contribution in [2.45, 2.75) is 38.8 Å². The summed E-state index contributed by atoms with van der Waals surface area (Å²) in [4.78, 5) is 17.7. The van der Waals surface area contributed by atoms with Crippen LogP contribution in [0.15, 0.2) is 66.9 Å². The van der Waals surface area contributed by atoms with Crippen LogP contribution in [-0.4, -0.2) is 51.7 Å². The maximum Gasteiger partial charge on any atom is 0.274 e. The zero-order valence-electron chi connectivity index (χ0n) is 19.4. The number of nitrogens with zero attached hydrogens (tertiary/aromatic N) is 4. The number of aromatic nitrogens is 2. The molecule has 0 spiro atoms. The Labute approximate surface area is 191 Å². The molecule has 1 atom stereocenters. The SMILES string of the molecule is Cc1ccccc1CN1CCC([C@H](Cc2ccccc2)N(C)C(=O)c2ccn(C)n2)CC1. The zero-order valence-corrected chi connectivity index (χ0v) is 19.4. The van der Waals surface area contributed by atoms with Gasteiger partial charge in [-0.2, -0.15) is 5.10 Å². The quantitative estimate of drug-likeness (QED) is 0.560. The van der Waals surface area contributed by atoms with Crippen molar-refractivity contribution < 1.29 is 4.79 Å². The maximum absolute atomic E-state index is 13.2. The summed E-state index contributed by atoms with van der Waals surface area (Å²) in [5.74, 6) is 0.481. The minimum atomic E-state index is 0.00821. The molecular formula is C27H34N4O. The topological polar surface area (TPSA) is 41.4 Å². The molecule has 2 aromatic carbocycles. The van der Waals surface area contributed by atoms with Gasteiger partial charge in [0.1, 0.15) is 5.69 Å². The molecule has 5 heteroatoms. The third-order valence-corrected chi connectivity index (χ3v) is 6.87. The molecule has 1 saturated heterocycles. The van der Waals surface area contributed by atoms with Gasteiger partial charge in [0.15, 0.2) is 0 Å². The average Bonchev–Trinajstić information content (AvgIpc) is 3.25. The van der Waals surface area contributed by atoms with Crippen LogP contribution in [-0.2, 0) is 20.0 Å². The Kier molecular flexibility index (Phi) is 7.05. The molecule has 1 aliphatic heterocycles. The first-order valence-electron chi connectivity index (χ1n) is 11.6. The van der Waals surface area contributed by atoms with Gasteiger partial charge in [-0.05, 0) is 68.0 Å². The predicted molar refractivity (Wildman–Crippen MR) is 128 cm³/mol. The first kappa shape index (κ1) is 22.3. The molecule has 168 valence electrons. The predicted octanol–water partition coefficient (Wildman–Crippen LogP) is 4.32. The van der Waals surface area contributed by atoms with Crippen LogP contribution < -0.4 is 0 Å². The van der Waals surface area contributed by atoms with E-state index in [2.05, 4.69) is 65.5 Å². The molecule has 32 heavy (non-hydrogen) atoms. The van der Waals surface area contributed by atoms with E-state index in [4.69, 9.17) is 0 Å². The summed E-state index contributed by atoms with van der Waals surface area (Å²) in [6.07, 6.45) is 4.90. The van der Waals surface area contributed by atoms with Crippen molar-refractivity contribution in [1.29, 1.82) is 0 Å². The lowest BCUT2D eigenvalue weighted by Crippen LogP contribution is -2.47. The number of hydrogen-bond acceptors (Lipinski definition) is 3. The number of aryl methyl sites for hydroxylation is 2. The van der Waals surface area contributed by atoms with E-state index in [1.54, 1.807) is 4.68 Å². The van der Waals surface area contributed by atoms with Crippen LogP contribution in [0.2, 0.25) is 0 Å². The highest BCUT2D eigenvalue weighted by Gasteiger charge is 2.32.